The lowest BCUT2D eigenvalue weighted by molar-refractivity contribution is 0.260. The highest BCUT2D eigenvalue weighted by atomic mass is 32.2. The summed E-state index contributed by atoms with van der Waals surface area (Å²) < 4.78 is 6.36. The molecular formula is C25H28N4OS. The largest absolute Gasteiger partial charge is 0.485 e. The molecule has 2 aromatic carbocycles. The second-order valence-corrected chi connectivity index (χ2v) is 9.36. The predicted molar refractivity (Wildman–Crippen MR) is 131 cm³/mol. The maximum Gasteiger partial charge on any atom is 0.138 e. The van der Waals surface area contributed by atoms with Gasteiger partial charge in [0.1, 0.15) is 17.7 Å². The van der Waals surface area contributed by atoms with E-state index in [0.717, 1.165) is 49.1 Å². The van der Waals surface area contributed by atoms with Crippen molar-refractivity contribution in [2.75, 3.05) is 43.4 Å². The number of anilines is 2. The molecule has 1 saturated heterocycles. The molecule has 1 N–H and O–H groups in total. The van der Waals surface area contributed by atoms with Crippen LogP contribution < -0.4 is 15.0 Å². The number of aryl methyl sites for hydroxylation is 1. The van der Waals surface area contributed by atoms with E-state index in [1.807, 2.05) is 12.1 Å². The molecule has 3 heterocycles. The molecular weight excluding hydrogens is 404 g/mol. The highest BCUT2D eigenvalue weighted by Crippen LogP contribution is 2.33. The molecule has 5 rings (SSSR count). The molecule has 0 aliphatic carbocycles. The van der Waals surface area contributed by atoms with Crippen LogP contribution in [0.25, 0.3) is 0 Å². The molecule has 6 heteroatoms. The van der Waals surface area contributed by atoms with Gasteiger partial charge < -0.3 is 19.9 Å². The Morgan fingerprint density at radius 1 is 1.06 bits per heavy atom. The van der Waals surface area contributed by atoms with E-state index in [1.165, 1.54) is 11.3 Å². The van der Waals surface area contributed by atoms with Crippen molar-refractivity contribution in [3.05, 3.63) is 77.5 Å². The molecule has 0 bridgehead atoms. The van der Waals surface area contributed by atoms with Crippen LogP contribution in [0.2, 0.25) is 0 Å². The first-order valence-corrected chi connectivity index (χ1v) is 11.7. The normalized spacial score (nSPS) is 23.2. The number of nitrogens with one attached hydrogen (secondary N) is 1. The second kappa shape index (κ2) is 8.81. The van der Waals surface area contributed by atoms with Gasteiger partial charge in [0.25, 0.3) is 0 Å². The Morgan fingerprint density at radius 2 is 1.87 bits per heavy atom. The van der Waals surface area contributed by atoms with Crippen LogP contribution in [0.3, 0.4) is 0 Å². The Kier molecular flexibility index (Phi) is 5.74. The maximum atomic E-state index is 6.36. The van der Waals surface area contributed by atoms with Gasteiger partial charge in [-0.05, 0) is 67.4 Å². The molecule has 2 atom stereocenters. The Labute approximate surface area is 188 Å². The van der Waals surface area contributed by atoms with Crippen LogP contribution in [0.4, 0.5) is 11.4 Å². The van der Waals surface area contributed by atoms with E-state index in [2.05, 4.69) is 83.0 Å². The number of rotatable bonds is 5. The van der Waals surface area contributed by atoms with Gasteiger partial charge in [-0.15, -0.1) is 11.8 Å². The fraction of sp³-hybridized carbons (Fsp3) is 0.320. The van der Waals surface area contributed by atoms with Gasteiger partial charge in [0.2, 0.25) is 0 Å². The zero-order valence-electron chi connectivity index (χ0n) is 18.0. The Bertz CT molecular complexity index is 1020. The number of thioether (sulfide) groups is 1. The summed E-state index contributed by atoms with van der Waals surface area (Å²) in [7, 11) is 2.18. The van der Waals surface area contributed by atoms with Gasteiger partial charge in [0.15, 0.2) is 0 Å². The summed E-state index contributed by atoms with van der Waals surface area (Å²) in [6.45, 7) is 6.46. The topological polar surface area (TPSA) is 40.1 Å². The zero-order chi connectivity index (χ0) is 21.2. The number of benzene rings is 2. The van der Waals surface area contributed by atoms with Gasteiger partial charge in [-0.25, -0.2) is 4.99 Å². The molecule has 2 unspecified atom stereocenters. The number of allylic oxidation sites excluding steroid dienone is 1. The summed E-state index contributed by atoms with van der Waals surface area (Å²) in [5, 5.41) is 5.79. The average molecular weight is 433 g/mol. The van der Waals surface area contributed by atoms with Crippen LogP contribution in [0.1, 0.15) is 5.56 Å². The van der Waals surface area contributed by atoms with E-state index in [9.17, 15) is 0 Å². The molecule has 0 radical (unpaired) electrons. The van der Waals surface area contributed by atoms with Crippen molar-refractivity contribution in [2.45, 2.75) is 18.3 Å². The van der Waals surface area contributed by atoms with E-state index in [4.69, 9.17) is 9.73 Å². The molecule has 0 amide bonds. The van der Waals surface area contributed by atoms with E-state index in [-0.39, 0.29) is 11.4 Å². The predicted octanol–water partition coefficient (Wildman–Crippen LogP) is 4.53. The molecule has 0 aromatic heterocycles. The average Bonchev–Trinajstić information content (AvgIpc) is 3.24. The third kappa shape index (κ3) is 4.65. The lowest BCUT2D eigenvalue weighted by atomic mass is 10.1. The molecule has 1 fully saturated rings. The first-order chi connectivity index (χ1) is 15.1. The number of ether oxygens (including phenoxy) is 1. The van der Waals surface area contributed by atoms with Crippen LogP contribution in [-0.2, 0) is 0 Å². The summed E-state index contributed by atoms with van der Waals surface area (Å²) in [4.78, 5) is 9.65. The monoisotopic (exact) mass is 432 g/mol. The van der Waals surface area contributed by atoms with Crippen molar-refractivity contribution in [2.24, 2.45) is 4.99 Å². The van der Waals surface area contributed by atoms with Crippen LogP contribution in [0, 0.1) is 6.92 Å². The van der Waals surface area contributed by atoms with Crippen LogP contribution in [0.15, 0.2) is 76.9 Å². The molecule has 5 nitrogen and oxygen atoms in total. The molecule has 0 saturated carbocycles. The van der Waals surface area contributed by atoms with Crippen molar-refractivity contribution < 1.29 is 4.74 Å². The lowest BCUT2D eigenvalue weighted by Gasteiger charge is -2.34. The van der Waals surface area contributed by atoms with Gasteiger partial charge >= 0.3 is 0 Å². The number of likely N-dealkylation sites (N-methyl/N-ethyl adjacent to an activating group) is 1. The van der Waals surface area contributed by atoms with E-state index >= 15 is 0 Å². The van der Waals surface area contributed by atoms with Crippen LogP contribution in [0.5, 0.6) is 5.75 Å². The number of aliphatic imine (C=N–C) groups is 1. The second-order valence-electron chi connectivity index (χ2n) is 8.31. The Hall–Kier alpha value is -2.70. The fourth-order valence-electron chi connectivity index (χ4n) is 4.10. The smallest absolute Gasteiger partial charge is 0.138 e. The number of hydrogen-bond acceptors (Lipinski definition) is 6. The standard InChI is InChI=1S/C25H28N4OS/c1-18-4-3-5-21(16-18)30-23-17-24(27-22-10-15-31-25(22)23)26-19-6-8-20(9-7-19)29-13-11-28(2)12-14-29/h3-10,15-17,23,25-26H,11-14H2,1-2H3. The molecule has 2 aromatic rings. The Balaban J connectivity index is 1.30. The third-order valence-electron chi connectivity index (χ3n) is 5.90. The van der Waals surface area contributed by atoms with Gasteiger partial charge in [-0.2, -0.15) is 0 Å². The van der Waals surface area contributed by atoms with Crippen molar-refractivity contribution in [3.63, 3.8) is 0 Å². The quantitative estimate of drug-likeness (QED) is 0.752. The lowest BCUT2D eigenvalue weighted by Crippen LogP contribution is -2.44. The molecule has 160 valence electrons. The fourth-order valence-corrected chi connectivity index (χ4v) is 5.05. The highest BCUT2D eigenvalue weighted by molar-refractivity contribution is 8.04. The minimum Gasteiger partial charge on any atom is -0.485 e. The number of piperazine rings is 1. The van der Waals surface area contributed by atoms with Crippen LogP contribution in [-0.4, -0.2) is 55.2 Å². The number of hydrogen-bond donors (Lipinski definition) is 1. The van der Waals surface area contributed by atoms with Crippen molar-refractivity contribution in [1.82, 2.24) is 4.90 Å². The van der Waals surface area contributed by atoms with Crippen molar-refractivity contribution in [3.8, 4) is 5.75 Å². The minimum atomic E-state index is -0.0681. The summed E-state index contributed by atoms with van der Waals surface area (Å²) in [5.41, 5.74) is 4.57. The SMILES string of the molecule is Cc1cccc(OC2C=C(Nc3ccc(N4CCN(C)CC4)cc3)N=C3C=CSC32)c1. The first-order valence-electron chi connectivity index (χ1n) is 10.8. The molecule has 3 aliphatic heterocycles. The van der Waals surface area contributed by atoms with E-state index in [1.54, 1.807) is 11.8 Å². The van der Waals surface area contributed by atoms with Crippen LogP contribution >= 0.6 is 11.8 Å². The van der Waals surface area contributed by atoms with Crippen molar-refractivity contribution >= 4 is 28.8 Å². The molecule has 3 aliphatic rings. The first kappa shape index (κ1) is 20.2. The maximum absolute atomic E-state index is 6.36. The van der Waals surface area contributed by atoms with E-state index < -0.39 is 0 Å². The summed E-state index contributed by atoms with van der Waals surface area (Å²) in [5.74, 6) is 1.73. The van der Waals surface area contributed by atoms with E-state index in [0.29, 0.717) is 0 Å². The summed E-state index contributed by atoms with van der Waals surface area (Å²) in [6.07, 6.45) is 4.12. The zero-order valence-corrected chi connectivity index (χ0v) is 18.8. The van der Waals surface area contributed by atoms with Gasteiger partial charge in [-0.3, -0.25) is 0 Å². The summed E-state index contributed by atoms with van der Waals surface area (Å²) in [6, 6.07) is 16.9. The number of fused-ring (bicyclic) bond motifs is 1. The third-order valence-corrected chi connectivity index (χ3v) is 6.99. The number of nitrogens with zero attached hydrogens (tertiary/aromatic N) is 3. The van der Waals surface area contributed by atoms with Crippen molar-refractivity contribution in [1.29, 1.82) is 0 Å². The summed E-state index contributed by atoms with van der Waals surface area (Å²) >= 11 is 1.77. The Morgan fingerprint density at radius 3 is 2.65 bits per heavy atom. The van der Waals surface area contributed by atoms with Gasteiger partial charge in [-0.1, -0.05) is 12.1 Å². The van der Waals surface area contributed by atoms with Gasteiger partial charge in [0.05, 0.1) is 11.0 Å². The highest BCUT2D eigenvalue weighted by Gasteiger charge is 2.32. The minimum absolute atomic E-state index is 0.0681. The van der Waals surface area contributed by atoms with Gasteiger partial charge in [0, 0.05) is 43.6 Å². The molecule has 0 spiro atoms. The molecule has 31 heavy (non-hydrogen) atoms.